The fourth-order valence-electron chi connectivity index (χ4n) is 2.88. The average molecular weight is 351 g/mol. The molecule has 0 radical (unpaired) electrons. The number of hydrogen-bond donors (Lipinski definition) is 0. The van der Waals surface area contributed by atoms with Crippen molar-refractivity contribution < 1.29 is 9.53 Å². The summed E-state index contributed by atoms with van der Waals surface area (Å²) < 4.78 is 5.73. The van der Waals surface area contributed by atoms with Gasteiger partial charge in [-0.3, -0.25) is 4.79 Å². The largest absolute Gasteiger partial charge is 0.376 e. The lowest BCUT2D eigenvalue weighted by Crippen LogP contribution is -2.37. The number of aryl methyl sites for hydroxylation is 2. The molecule has 1 atom stereocenters. The Bertz CT molecular complexity index is 646. The van der Waals surface area contributed by atoms with Crippen molar-refractivity contribution in [3.8, 4) is 0 Å². The molecule has 23 heavy (non-hydrogen) atoms. The van der Waals surface area contributed by atoms with Crippen LogP contribution in [0.15, 0.2) is 16.8 Å². The molecule has 1 amide bonds. The van der Waals surface area contributed by atoms with Crippen molar-refractivity contribution in [2.45, 2.75) is 45.8 Å². The van der Waals surface area contributed by atoms with E-state index in [4.69, 9.17) is 4.74 Å². The van der Waals surface area contributed by atoms with Crippen LogP contribution in [0.4, 0.5) is 0 Å². The molecule has 1 saturated heterocycles. The fraction of sp³-hybridized carbons (Fsp3) is 0.529. The van der Waals surface area contributed by atoms with E-state index in [1.54, 1.807) is 22.7 Å². The summed E-state index contributed by atoms with van der Waals surface area (Å²) in [6.07, 6.45) is 2.76. The molecule has 0 spiro atoms. The second-order valence-corrected chi connectivity index (χ2v) is 8.03. The van der Waals surface area contributed by atoms with Crippen LogP contribution in [0.25, 0.3) is 0 Å². The van der Waals surface area contributed by atoms with Gasteiger partial charge in [0.2, 0.25) is 5.91 Å². The summed E-state index contributed by atoms with van der Waals surface area (Å²) in [6, 6.07) is 2.09. The molecule has 0 bridgehead atoms. The highest BCUT2D eigenvalue weighted by Gasteiger charge is 2.24. The molecule has 1 fully saturated rings. The summed E-state index contributed by atoms with van der Waals surface area (Å²) in [4.78, 5) is 20.3. The van der Waals surface area contributed by atoms with Gasteiger partial charge in [-0.2, -0.15) is 11.3 Å². The third-order valence-corrected chi connectivity index (χ3v) is 5.87. The number of thiazole rings is 1. The predicted molar refractivity (Wildman–Crippen MR) is 94.0 cm³/mol. The smallest absolute Gasteiger partial charge is 0.228 e. The van der Waals surface area contributed by atoms with E-state index in [0.717, 1.165) is 35.0 Å². The average Bonchev–Trinajstić information content (AvgIpc) is 3.23. The maximum absolute atomic E-state index is 12.8. The Labute approximate surface area is 145 Å². The molecule has 124 valence electrons. The van der Waals surface area contributed by atoms with Crippen molar-refractivity contribution in [2.24, 2.45) is 0 Å². The van der Waals surface area contributed by atoms with Crippen LogP contribution >= 0.6 is 22.7 Å². The van der Waals surface area contributed by atoms with Crippen molar-refractivity contribution in [3.63, 3.8) is 0 Å². The van der Waals surface area contributed by atoms with E-state index in [1.165, 1.54) is 5.56 Å². The molecular weight excluding hydrogens is 328 g/mol. The first kappa shape index (κ1) is 16.6. The number of thiophene rings is 1. The van der Waals surface area contributed by atoms with Crippen molar-refractivity contribution in [3.05, 3.63) is 38.0 Å². The molecule has 0 saturated carbocycles. The summed E-state index contributed by atoms with van der Waals surface area (Å²) in [5.74, 6) is 0.165. The van der Waals surface area contributed by atoms with Crippen molar-refractivity contribution in [1.82, 2.24) is 9.88 Å². The molecule has 1 unspecified atom stereocenters. The normalized spacial score (nSPS) is 17.6. The van der Waals surface area contributed by atoms with E-state index in [-0.39, 0.29) is 12.0 Å². The van der Waals surface area contributed by atoms with Crippen LogP contribution < -0.4 is 0 Å². The first-order chi connectivity index (χ1) is 11.1. The molecule has 1 aliphatic rings. The number of rotatable bonds is 6. The minimum atomic E-state index is 0.165. The van der Waals surface area contributed by atoms with E-state index in [1.807, 2.05) is 18.7 Å². The molecule has 0 aromatic carbocycles. The van der Waals surface area contributed by atoms with Gasteiger partial charge in [0.25, 0.3) is 0 Å². The molecule has 0 aliphatic carbocycles. The van der Waals surface area contributed by atoms with Gasteiger partial charge in [-0.25, -0.2) is 4.98 Å². The Balaban J connectivity index is 1.70. The van der Waals surface area contributed by atoms with Crippen LogP contribution in [-0.4, -0.2) is 35.0 Å². The van der Waals surface area contributed by atoms with Crippen molar-refractivity contribution in [2.75, 3.05) is 13.2 Å². The molecule has 2 aromatic rings. The number of ether oxygens (including phenoxy) is 1. The zero-order valence-corrected chi connectivity index (χ0v) is 15.2. The van der Waals surface area contributed by atoms with E-state index in [9.17, 15) is 4.79 Å². The molecule has 6 heteroatoms. The molecule has 0 N–H and O–H groups in total. The maximum Gasteiger partial charge on any atom is 0.228 e. The lowest BCUT2D eigenvalue weighted by atomic mass is 10.2. The summed E-state index contributed by atoms with van der Waals surface area (Å²) >= 11 is 3.29. The van der Waals surface area contributed by atoms with Gasteiger partial charge in [-0.1, -0.05) is 0 Å². The van der Waals surface area contributed by atoms with E-state index >= 15 is 0 Å². The van der Waals surface area contributed by atoms with Gasteiger partial charge in [0.1, 0.15) is 0 Å². The Hall–Kier alpha value is -1.24. The van der Waals surface area contributed by atoms with Crippen LogP contribution in [0, 0.1) is 13.8 Å². The van der Waals surface area contributed by atoms with E-state index < -0.39 is 0 Å². The van der Waals surface area contributed by atoms with Crippen LogP contribution in [0.3, 0.4) is 0 Å². The van der Waals surface area contributed by atoms with Crippen LogP contribution in [0.5, 0.6) is 0 Å². The summed E-state index contributed by atoms with van der Waals surface area (Å²) in [7, 11) is 0. The summed E-state index contributed by atoms with van der Waals surface area (Å²) in [5.41, 5.74) is 2.17. The Morgan fingerprint density at radius 1 is 1.48 bits per heavy atom. The van der Waals surface area contributed by atoms with Gasteiger partial charge in [0.15, 0.2) is 0 Å². The second-order valence-electron chi connectivity index (χ2n) is 5.96. The maximum atomic E-state index is 12.8. The van der Waals surface area contributed by atoms with Gasteiger partial charge in [-0.15, -0.1) is 11.3 Å². The van der Waals surface area contributed by atoms with Crippen LogP contribution in [0.1, 0.15) is 34.0 Å². The number of carbonyl (C=O) groups excluding carboxylic acids is 1. The molecular formula is C17H22N2O2S2. The third-order valence-electron chi connectivity index (χ3n) is 4.07. The molecule has 4 nitrogen and oxygen atoms in total. The van der Waals surface area contributed by atoms with Gasteiger partial charge in [0, 0.05) is 24.6 Å². The molecule has 3 rings (SSSR count). The standard InChI is InChI=1S/C17H22N2O2S2/c1-12-16(23-13(2)18-12)8-17(20)19(9-14-5-7-22-11-14)10-15-4-3-6-21-15/h5,7,11,15H,3-4,6,8-10H2,1-2H3. The Kier molecular flexibility index (Phi) is 5.46. The van der Waals surface area contributed by atoms with Crippen LogP contribution in [0.2, 0.25) is 0 Å². The Morgan fingerprint density at radius 3 is 2.96 bits per heavy atom. The monoisotopic (exact) mass is 350 g/mol. The van der Waals surface area contributed by atoms with Gasteiger partial charge < -0.3 is 9.64 Å². The van der Waals surface area contributed by atoms with Gasteiger partial charge >= 0.3 is 0 Å². The van der Waals surface area contributed by atoms with Gasteiger partial charge in [0.05, 0.1) is 23.2 Å². The van der Waals surface area contributed by atoms with Crippen molar-refractivity contribution >= 4 is 28.6 Å². The highest BCUT2D eigenvalue weighted by atomic mass is 32.1. The highest BCUT2D eigenvalue weighted by molar-refractivity contribution is 7.11. The minimum Gasteiger partial charge on any atom is -0.376 e. The number of hydrogen-bond acceptors (Lipinski definition) is 5. The fourth-order valence-corrected chi connectivity index (χ4v) is 4.47. The zero-order valence-electron chi connectivity index (χ0n) is 13.6. The molecule has 2 aromatic heterocycles. The van der Waals surface area contributed by atoms with E-state index in [2.05, 4.69) is 21.8 Å². The lowest BCUT2D eigenvalue weighted by molar-refractivity contribution is -0.132. The first-order valence-corrected chi connectivity index (χ1v) is 9.71. The van der Waals surface area contributed by atoms with Gasteiger partial charge in [-0.05, 0) is 49.1 Å². The quantitative estimate of drug-likeness (QED) is 0.800. The summed E-state index contributed by atoms with van der Waals surface area (Å²) in [6.45, 7) is 6.14. The summed E-state index contributed by atoms with van der Waals surface area (Å²) in [5, 5.41) is 5.19. The zero-order chi connectivity index (χ0) is 16.2. The number of nitrogens with zero attached hydrogens (tertiary/aromatic N) is 2. The van der Waals surface area contributed by atoms with Crippen LogP contribution in [-0.2, 0) is 22.5 Å². The second kappa shape index (κ2) is 7.55. The third kappa shape index (κ3) is 4.40. The molecule has 1 aliphatic heterocycles. The Morgan fingerprint density at radius 2 is 2.35 bits per heavy atom. The lowest BCUT2D eigenvalue weighted by Gasteiger charge is -2.25. The number of amides is 1. The minimum absolute atomic E-state index is 0.165. The first-order valence-electron chi connectivity index (χ1n) is 7.95. The van der Waals surface area contributed by atoms with Crippen molar-refractivity contribution in [1.29, 1.82) is 0 Å². The van der Waals surface area contributed by atoms with E-state index in [0.29, 0.717) is 19.5 Å². The number of aromatic nitrogens is 1. The SMILES string of the molecule is Cc1nc(C)c(CC(=O)N(Cc2ccsc2)CC2CCCO2)s1. The topological polar surface area (TPSA) is 42.4 Å². The number of carbonyl (C=O) groups is 1. The predicted octanol–water partition coefficient (Wildman–Crippen LogP) is 3.57. The highest BCUT2D eigenvalue weighted by Crippen LogP contribution is 2.21. The molecule has 3 heterocycles.